The topological polar surface area (TPSA) is 66.0 Å². The number of hydrogen-bond acceptors (Lipinski definition) is 6. The molecule has 3 rings (SSSR count). The van der Waals surface area contributed by atoms with Crippen LogP contribution in [0.1, 0.15) is 63.5 Å². The fraction of sp³-hybridized carbons (Fsp3) is 0.593. The van der Waals surface area contributed by atoms with E-state index in [2.05, 4.69) is 5.32 Å². The number of benzene rings is 1. The minimum atomic E-state index is -4.56. The summed E-state index contributed by atoms with van der Waals surface area (Å²) >= 11 is 1.61. The van der Waals surface area contributed by atoms with Crippen LogP contribution in [0.2, 0.25) is 0 Å². The van der Waals surface area contributed by atoms with Gasteiger partial charge in [0.25, 0.3) is 0 Å². The molecule has 2 aromatic rings. The van der Waals surface area contributed by atoms with Gasteiger partial charge in [-0.15, -0.1) is 11.3 Å². The van der Waals surface area contributed by atoms with Gasteiger partial charge in [0.1, 0.15) is 11.4 Å². The second kappa shape index (κ2) is 11.6. The summed E-state index contributed by atoms with van der Waals surface area (Å²) in [6.45, 7) is 9.24. The lowest BCUT2D eigenvalue weighted by Gasteiger charge is -2.44. The van der Waals surface area contributed by atoms with Gasteiger partial charge in [-0.05, 0) is 89.4 Å². The second-order valence-corrected chi connectivity index (χ2v) is 11.8. The molecule has 0 spiro atoms. The highest BCUT2D eigenvalue weighted by Gasteiger charge is 2.42. The van der Waals surface area contributed by atoms with Crippen molar-refractivity contribution >= 4 is 17.4 Å². The van der Waals surface area contributed by atoms with E-state index in [0.29, 0.717) is 18.4 Å². The molecule has 1 fully saturated rings. The number of amides is 1. The molecule has 10 heteroatoms. The van der Waals surface area contributed by atoms with E-state index < -0.39 is 34.8 Å². The Labute approximate surface area is 220 Å². The average Bonchev–Trinajstić information content (AvgIpc) is 3.29. The molecule has 6 nitrogen and oxygen atoms in total. The van der Waals surface area contributed by atoms with Gasteiger partial charge in [-0.2, -0.15) is 13.2 Å². The first-order valence-corrected chi connectivity index (χ1v) is 13.2. The summed E-state index contributed by atoms with van der Waals surface area (Å²) in [6, 6.07) is 8.05. The molecule has 2 heterocycles. The van der Waals surface area contributed by atoms with Crippen molar-refractivity contribution < 1.29 is 36.9 Å². The highest BCUT2D eigenvalue weighted by molar-refractivity contribution is 7.09. The number of aryl methyl sites for hydroxylation is 2. The summed E-state index contributed by atoms with van der Waals surface area (Å²) in [7, 11) is 0. The van der Waals surface area contributed by atoms with Gasteiger partial charge in [0.05, 0.1) is 30.9 Å². The normalized spacial score (nSPS) is 17.3. The molecule has 0 unspecified atom stereocenters. The van der Waals surface area contributed by atoms with Crippen LogP contribution >= 0.6 is 11.3 Å². The third-order valence-corrected chi connectivity index (χ3v) is 6.74. The van der Waals surface area contributed by atoms with Gasteiger partial charge in [-0.3, -0.25) is 0 Å². The number of alkyl carbamates (subject to hydrolysis) is 1. The van der Waals surface area contributed by atoms with Crippen molar-refractivity contribution in [3.05, 3.63) is 51.7 Å². The van der Waals surface area contributed by atoms with Crippen LogP contribution in [-0.4, -0.2) is 42.8 Å². The van der Waals surface area contributed by atoms with Crippen LogP contribution in [0, 0.1) is 0 Å². The van der Waals surface area contributed by atoms with Gasteiger partial charge in [-0.1, -0.05) is 12.1 Å². The zero-order valence-corrected chi connectivity index (χ0v) is 22.8. The van der Waals surface area contributed by atoms with Crippen LogP contribution < -0.4 is 10.1 Å². The predicted molar refractivity (Wildman–Crippen MR) is 136 cm³/mol. The lowest BCUT2D eigenvalue weighted by Crippen LogP contribution is -2.61. The van der Waals surface area contributed by atoms with E-state index in [1.165, 1.54) is 10.9 Å². The molecule has 1 aromatic carbocycles. The zero-order chi connectivity index (χ0) is 27.3. The largest absolute Gasteiger partial charge is 0.493 e. The number of thiophene rings is 1. The Morgan fingerprint density at radius 3 is 2.41 bits per heavy atom. The Hall–Kier alpha value is -2.30. The Balaban J connectivity index is 1.69. The summed E-state index contributed by atoms with van der Waals surface area (Å²) in [6.07, 6.45) is -3.28. The average molecular weight is 544 g/mol. The SMILES string of the molecule is CC(C)(C)OC(=O)NC1(CCc2ccc(OCCCc3cccs3)c(C(F)(F)F)c2)COC(C)(C)OC1. The van der Waals surface area contributed by atoms with Crippen molar-refractivity contribution in [2.24, 2.45) is 0 Å². The van der Waals surface area contributed by atoms with Crippen LogP contribution in [-0.2, 0) is 33.2 Å². The first kappa shape index (κ1) is 29.3. The molecule has 1 N–H and O–H groups in total. The van der Waals surface area contributed by atoms with E-state index in [1.54, 1.807) is 52.0 Å². The Kier molecular flexibility index (Phi) is 9.18. The van der Waals surface area contributed by atoms with Crippen molar-refractivity contribution in [3.63, 3.8) is 0 Å². The molecule has 206 valence electrons. The molecule has 1 aliphatic heterocycles. The molecule has 0 saturated carbocycles. The van der Waals surface area contributed by atoms with Crippen molar-refractivity contribution in [2.45, 2.75) is 83.4 Å². The quantitative estimate of drug-likeness (QED) is 0.354. The first-order valence-electron chi connectivity index (χ1n) is 12.3. The highest BCUT2D eigenvalue weighted by atomic mass is 32.1. The Bertz CT molecular complexity index is 1020. The number of ether oxygens (including phenoxy) is 4. The lowest BCUT2D eigenvalue weighted by atomic mass is 9.91. The first-order chi connectivity index (χ1) is 17.2. The molecule has 37 heavy (non-hydrogen) atoms. The van der Waals surface area contributed by atoms with Gasteiger partial charge in [-0.25, -0.2) is 4.79 Å². The van der Waals surface area contributed by atoms with Crippen LogP contribution in [0.15, 0.2) is 35.7 Å². The maximum Gasteiger partial charge on any atom is 0.419 e. The van der Waals surface area contributed by atoms with E-state index >= 15 is 0 Å². The molecular formula is C27H36F3NO5S. The molecule has 1 saturated heterocycles. The van der Waals surface area contributed by atoms with Gasteiger partial charge < -0.3 is 24.3 Å². The Morgan fingerprint density at radius 1 is 1.11 bits per heavy atom. The minimum absolute atomic E-state index is 0.136. The molecule has 0 atom stereocenters. The van der Waals surface area contributed by atoms with Gasteiger partial charge in [0.2, 0.25) is 0 Å². The van der Waals surface area contributed by atoms with Gasteiger partial charge in [0, 0.05) is 4.88 Å². The maximum atomic E-state index is 13.9. The summed E-state index contributed by atoms with van der Waals surface area (Å²) in [5.41, 5.74) is -2.00. The summed E-state index contributed by atoms with van der Waals surface area (Å²) in [4.78, 5) is 13.7. The van der Waals surface area contributed by atoms with E-state index in [0.717, 1.165) is 12.5 Å². The molecule has 1 amide bonds. The Morgan fingerprint density at radius 2 is 1.81 bits per heavy atom. The molecule has 0 aliphatic carbocycles. The predicted octanol–water partition coefficient (Wildman–Crippen LogP) is 6.76. The second-order valence-electron chi connectivity index (χ2n) is 10.7. The third-order valence-electron chi connectivity index (χ3n) is 5.81. The molecule has 0 bridgehead atoms. The number of carbonyl (C=O) groups is 1. The monoisotopic (exact) mass is 543 g/mol. The molecule has 1 aromatic heterocycles. The molecule has 1 aliphatic rings. The zero-order valence-electron chi connectivity index (χ0n) is 22.0. The van der Waals surface area contributed by atoms with E-state index in [1.807, 2.05) is 17.5 Å². The summed E-state index contributed by atoms with van der Waals surface area (Å²) in [5, 5.41) is 4.81. The number of hydrogen-bond donors (Lipinski definition) is 1. The summed E-state index contributed by atoms with van der Waals surface area (Å²) in [5.74, 6) is -1.01. The fourth-order valence-electron chi connectivity index (χ4n) is 3.85. The third kappa shape index (κ3) is 9.19. The van der Waals surface area contributed by atoms with Crippen molar-refractivity contribution in [2.75, 3.05) is 19.8 Å². The lowest BCUT2D eigenvalue weighted by molar-refractivity contribution is -0.271. The number of nitrogens with one attached hydrogen (secondary N) is 1. The van der Waals surface area contributed by atoms with E-state index in [4.69, 9.17) is 18.9 Å². The number of rotatable bonds is 9. The van der Waals surface area contributed by atoms with Gasteiger partial charge in [0.15, 0.2) is 5.79 Å². The maximum absolute atomic E-state index is 13.9. The highest BCUT2D eigenvalue weighted by Crippen LogP contribution is 2.38. The van der Waals surface area contributed by atoms with Crippen molar-refractivity contribution in [1.29, 1.82) is 0 Å². The van der Waals surface area contributed by atoms with Gasteiger partial charge >= 0.3 is 12.3 Å². The van der Waals surface area contributed by atoms with E-state index in [9.17, 15) is 18.0 Å². The number of carbonyl (C=O) groups excluding carboxylic acids is 1. The standard InChI is InChI=1S/C27H36F3NO5S/c1-24(2,3)36-23(32)31-26(17-34-25(4,5)35-18-26)13-12-19-10-11-22(21(16-19)27(28,29)30)33-14-6-8-20-9-7-15-37-20/h7,9-11,15-16H,6,8,12-14,17-18H2,1-5H3,(H,31,32). The van der Waals surface area contributed by atoms with Crippen LogP contribution in [0.5, 0.6) is 5.75 Å². The molecule has 0 radical (unpaired) electrons. The van der Waals surface area contributed by atoms with Crippen molar-refractivity contribution in [3.8, 4) is 5.75 Å². The molecular weight excluding hydrogens is 507 g/mol. The van der Waals surface area contributed by atoms with Crippen molar-refractivity contribution in [1.82, 2.24) is 5.32 Å². The fourth-order valence-corrected chi connectivity index (χ4v) is 4.60. The van der Waals surface area contributed by atoms with Crippen LogP contribution in [0.3, 0.4) is 0 Å². The minimum Gasteiger partial charge on any atom is -0.493 e. The van der Waals surface area contributed by atoms with Crippen LogP contribution in [0.25, 0.3) is 0 Å². The van der Waals surface area contributed by atoms with E-state index in [-0.39, 0.29) is 32.0 Å². The smallest absolute Gasteiger partial charge is 0.419 e. The summed E-state index contributed by atoms with van der Waals surface area (Å²) < 4.78 is 64.1. The number of alkyl halides is 3. The van der Waals surface area contributed by atoms with Crippen LogP contribution in [0.4, 0.5) is 18.0 Å². The number of halogens is 3.